The summed E-state index contributed by atoms with van der Waals surface area (Å²) in [6, 6.07) is 0. The van der Waals surface area contributed by atoms with Gasteiger partial charge in [0.15, 0.2) is 6.10 Å². The quantitative estimate of drug-likeness (QED) is 0.0208. The van der Waals surface area contributed by atoms with Gasteiger partial charge in [0.25, 0.3) is 0 Å². The number of allylic oxidation sites excluding steroid dienone is 4. The van der Waals surface area contributed by atoms with Crippen LogP contribution in [-0.2, 0) is 32.9 Å². The van der Waals surface area contributed by atoms with E-state index in [4.69, 9.17) is 24.0 Å². The van der Waals surface area contributed by atoms with E-state index in [1.54, 1.807) is 0 Å². The Hall–Kier alpha value is -1.77. The third kappa shape index (κ3) is 34.5. The summed E-state index contributed by atoms with van der Waals surface area (Å²) in [5.74, 6) is -0.126. The molecule has 9 nitrogen and oxygen atoms in total. The molecule has 1 fully saturated rings. The first-order valence-electron chi connectivity index (χ1n) is 21.3. The number of ether oxygens (including phenoxy) is 3. The van der Waals surface area contributed by atoms with Crippen molar-refractivity contribution in [1.82, 2.24) is 0 Å². The summed E-state index contributed by atoms with van der Waals surface area (Å²) >= 11 is 0. The molecule has 53 heavy (non-hydrogen) atoms. The molecule has 1 aliphatic rings. The number of phosphoric ester groups is 1. The Morgan fingerprint density at radius 1 is 0.642 bits per heavy atom. The zero-order valence-electron chi connectivity index (χ0n) is 33.8. The molecule has 0 radical (unpaired) electrons. The number of rotatable bonds is 37. The van der Waals surface area contributed by atoms with Gasteiger partial charge in [-0.1, -0.05) is 160 Å². The average molecular weight is 769 g/mol. The highest BCUT2D eigenvalue weighted by molar-refractivity contribution is 7.46. The summed E-state index contributed by atoms with van der Waals surface area (Å²) in [6.07, 6.45) is 40.4. The molecule has 0 aromatic carbocycles. The van der Waals surface area contributed by atoms with Crippen molar-refractivity contribution < 1.29 is 42.7 Å². The maximum atomic E-state index is 12.4. The molecule has 10 heteroatoms. The smallest absolute Gasteiger partial charge is 0.462 e. The fraction of sp³-hybridized carbons (Fsp3) is 0.814. The molecule has 0 aliphatic carbocycles. The van der Waals surface area contributed by atoms with E-state index in [0.717, 1.165) is 44.4 Å². The van der Waals surface area contributed by atoms with Gasteiger partial charge in [0.2, 0.25) is 0 Å². The van der Waals surface area contributed by atoms with E-state index >= 15 is 0 Å². The molecule has 0 bridgehead atoms. The van der Waals surface area contributed by atoms with Crippen LogP contribution in [0.2, 0.25) is 0 Å². The van der Waals surface area contributed by atoms with Gasteiger partial charge in [-0.25, -0.2) is 4.57 Å². The molecule has 0 aromatic heterocycles. The molecule has 1 saturated heterocycles. The summed E-state index contributed by atoms with van der Waals surface area (Å²) in [6.45, 7) is 5.95. The number of phosphoric acid groups is 1. The van der Waals surface area contributed by atoms with Crippen molar-refractivity contribution in [1.29, 1.82) is 0 Å². The molecule has 0 spiro atoms. The molecule has 0 saturated carbocycles. The third-order valence-corrected chi connectivity index (χ3v) is 9.98. The van der Waals surface area contributed by atoms with Crippen LogP contribution >= 0.6 is 7.82 Å². The van der Waals surface area contributed by atoms with Crippen LogP contribution in [0.25, 0.3) is 0 Å². The van der Waals surface area contributed by atoms with Crippen molar-refractivity contribution in [3.63, 3.8) is 0 Å². The van der Waals surface area contributed by atoms with Crippen molar-refractivity contribution in [2.24, 2.45) is 5.92 Å². The Balaban J connectivity index is 2.10. The van der Waals surface area contributed by atoms with Crippen molar-refractivity contribution >= 4 is 19.8 Å². The van der Waals surface area contributed by atoms with Crippen molar-refractivity contribution in [3.05, 3.63) is 36.5 Å². The van der Waals surface area contributed by atoms with E-state index in [9.17, 15) is 14.2 Å². The Kier molecular flexibility index (Phi) is 31.2. The summed E-state index contributed by atoms with van der Waals surface area (Å²) in [5, 5.41) is 0. The monoisotopic (exact) mass is 769 g/mol. The van der Waals surface area contributed by atoms with Crippen LogP contribution in [-0.4, -0.2) is 53.3 Å². The minimum atomic E-state index is -4.77. The maximum absolute atomic E-state index is 12.4. The van der Waals surface area contributed by atoms with Crippen molar-refractivity contribution in [3.8, 4) is 0 Å². The molecule has 1 heterocycles. The molecular weight excluding hydrogens is 691 g/mol. The standard InChI is InChI=1S/C43H77O9P/c1-4-5-6-7-8-15-19-22-27-32-40-41(52-40)33-28-24-25-30-35-43(45)51-39(37-50-53(46,47)48)36-49-42(44)34-29-23-20-17-14-12-10-9-11-13-16-18-21-26-31-38(2)3/h8,15,22,24,27-28,38-41H,4-7,9-14,16-21,23,25-26,29-37H2,1-3H3,(H2,46,47,48)/b15-8-,27-22-,28-24-/t39-,40?,41?/m1/s1. The highest BCUT2D eigenvalue weighted by Gasteiger charge is 2.36. The first-order chi connectivity index (χ1) is 25.6. The number of epoxide rings is 1. The number of hydrogen-bond acceptors (Lipinski definition) is 7. The van der Waals surface area contributed by atoms with Crippen molar-refractivity contribution in [2.45, 2.75) is 206 Å². The zero-order chi connectivity index (χ0) is 38.8. The highest BCUT2D eigenvalue weighted by atomic mass is 31.2. The zero-order valence-corrected chi connectivity index (χ0v) is 34.7. The van der Waals surface area contributed by atoms with Gasteiger partial charge in [0.1, 0.15) is 6.61 Å². The first kappa shape index (κ1) is 49.2. The summed E-state index contributed by atoms with van der Waals surface area (Å²) in [5.41, 5.74) is 0. The summed E-state index contributed by atoms with van der Waals surface area (Å²) < 4.78 is 32.1. The van der Waals surface area contributed by atoms with E-state index in [1.807, 2.05) is 6.08 Å². The molecule has 1 rings (SSSR count). The van der Waals surface area contributed by atoms with Crippen LogP contribution in [0, 0.1) is 5.92 Å². The van der Waals surface area contributed by atoms with Crippen LogP contribution in [0.5, 0.6) is 0 Å². The fourth-order valence-electron chi connectivity index (χ4n) is 6.18. The minimum absolute atomic E-state index is 0.129. The van der Waals surface area contributed by atoms with E-state index < -0.39 is 32.5 Å². The van der Waals surface area contributed by atoms with Crippen molar-refractivity contribution in [2.75, 3.05) is 13.2 Å². The highest BCUT2D eigenvalue weighted by Crippen LogP contribution is 2.36. The lowest BCUT2D eigenvalue weighted by atomic mass is 10.0. The Bertz CT molecular complexity index is 1030. The molecule has 3 atom stereocenters. The number of esters is 2. The predicted octanol–water partition coefficient (Wildman–Crippen LogP) is 11.8. The maximum Gasteiger partial charge on any atom is 0.469 e. The lowest BCUT2D eigenvalue weighted by Crippen LogP contribution is -2.29. The normalized spacial score (nSPS) is 16.7. The lowest BCUT2D eigenvalue weighted by Gasteiger charge is -2.18. The molecule has 2 unspecified atom stereocenters. The largest absolute Gasteiger partial charge is 0.469 e. The molecule has 0 aromatic rings. The van der Waals surface area contributed by atoms with Crippen LogP contribution in [0.4, 0.5) is 0 Å². The van der Waals surface area contributed by atoms with Gasteiger partial charge in [-0.2, -0.15) is 0 Å². The predicted molar refractivity (Wildman–Crippen MR) is 215 cm³/mol. The van der Waals surface area contributed by atoms with Gasteiger partial charge < -0.3 is 24.0 Å². The first-order valence-corrected chi connectivity index (χ1v) is 22.8. The number of carbonyl (C=O) groups excluding carboxylic acids is 2. The number of carbonyl (C=O) groups is 2. The van der Waals surface area contributed by atoms with Crippen LogP contribution in [0.3, 0.4) is 0 Å². The van der Waals surface area contributed by atoms with Crippen LogP contribution in [0.15, 0.2) is 36.5 Å². The average Bonchev–Trinajstić information content (AvgIpc) is 3.87. The fourth-order valence-corrected chi connectivity index (χ4v) is 6.54. The Labute approximate surface area is 323 Å². The van der Waals surface area contributed by atoms with Gasteiger partial charge in [-0.15, -0.1) is 0 Å². The van der Waals surface area contributed by atoms with Crippen LogP contribution < -0.4 is 0 Å². The minimum Gasteiger partial charge on any atom is -0.462 e. The van der Waals surface area contributed by atoms with Crippen LogP contribution in [0.1, 0.15) is 188 Å². The topological polar surface area (TPSA) is 132 Å². The van der Waals surface area contributed by atoms with Gasteiger partial charge in [0.05, 0.1) is 18.8 Å². The van der Waals surface area contributed by atoms with E-state index in [0.29, 0.717) is 19.3 Å². The molecular formula is C43H77O9P. The van der Waals surface area contributed by atoms with E-state index in [1.165, 1.54) is 96.3 Å². The number of unbranched alkanes of at least 4 members (excludes halogenated alkanes) is 17. The van der Waals surface area contributed by atoms with Gasteiger partial charge in [0, 0.05) is 12.8 Å². The van der Waals surface area contributed by atoms with Gasteiger partial charge in [-0.05, 0) is 57.3 Å². The third-order valence-electron chi connectivity index (χ3n) is 9.49. The van der Waals surface area contributed by atoms with Gasteiger partial charge in [-0.3, -0.25) is 14.1 Å². The summed E-state index contributed by atoms with van der Waals surface area (Å²) in [4.78, 5) is 42.9. The molecule has 1 aliphatic heterocycles. The number of hydrogen-bond donors (Lipinski definition) is 2. The molecule has 2 N–H and O–H groups in total. The second-order valence-electron chi connectivity index (χ2n) is 15.2. The molecule has 0 amide bonds. The van der Waals surface area contributed by atoms with Gasteiger partial charge >= 0.3 is 19.8 Å². The lowest BCUT2D eigenvalue weighted by molar-refractivity contribution is -0.161. The Morgan fingerprint density at radius 2 is 1.15 bits per heavy atom. The summed E-state index contributed by atoms with van der Waals surface area (Å²) in [7, 11) is -4.77. The van der Waals surface area contributed by atoms with E-state index in [-0.39, 0.29) is 31.7 Å². The molecule has 308 valence electrons. The van der Waals surface area contributed by atoms with E-state index in [2.05, 4.69) is 55.7 Å². The SMILES string of the molecule is CCCCC/C=C\C/C=C\CC1OC1C/C=C\CCCC(=O)O[C@H](COC(=O)CCCCCCCCCCCCCCCCC(C)C)COP(=O)(O)O. The Morgan fingerprint density at radius 3 is 1.74 bits per heavy atom. The second kappa shape index (κ2) is 33.6. The second-order valence-corrected chi connectivity index (χ2v) is 16.4.